The molecular weight excluding hydrogens is 246 g/mol. The van der Waals surface area contributed by atoms with Gasteiger partial charge in [-0.3, -0.25) is 4.99 Å². The zero-order valence-corrected chi connectivity index (χ0v) is 13.5. The van der Waals surface area contributed by atoms with E-state index in [0.717, 1.165) is 12.5 Å². The largest absolute Gasteiger partial charge is 0.349 e. The minimum Gasteiger partial charge on any atom is -0.349 e. The molecule has 0 fully saturated rings. The minimum absolute atomic E-state index is 0.173. The molecule has 0 aliphatic heterocycles. The number of rotatable bonds is 2. The summed E-state index contributed by atoms with van der Waals surface area (Å²) in [5, 5.41) is 0. The monoisotopic (exact) mass is 273 g/mol. The van der Waals surface area contributed by atoms with Crippen molar-refractivity contribution in [2.75, 3.05) is 34.7 Å². The molecule has 110 valence electrons. The summed E-state index contributed by atoms with van der Waals surface area (Å²) < 4.78 is 0. The second kappa shape index (κ2) is 5.86. The lowest BCUT2D eigenvalue weighted by Crippen LogP contribution is -2.38. The van der Waals surface area contributed by atoms with Gasteiger partial charge in [0.15, 0.2) is 5.96 Å². The lowest BCUT2D eigenvalue weighted by Gasteiger charge is -2.35. The first kappa shape index (κ1) is 14.9. The second-order valence-corrected chi connectivity index (χ2v) is 6.48. The van der Waals surface area contributed by atoms with Crippen LogP contribution in [0.25, 0.3) is 0 Å². The minimum atomic E-state index is 0.173. The zero-order valence-electron chi connectivity index (χ0n) is 13.5. The highest BCUT2D eigenvalue weighted by atomic mass is 15.3. The Labute approximate surface area is 123 Å². The van der Waals surface area contributed by atoms with Gasteiger partial charge in [-0.1, -0.05) is 31.2 Å². The molecule has 2 rings (SSSR count). The normalized spacial score (nSPS) is 21.1. The van der Waals surface area contributed by atoms with Crippen molar-refractivity contribution in [3.05, 3.63) is 35.4 Å². The lowest BCUT2D eigenvalue weighted by molar-refractivity contribution is 0.395. The van der Waals surface area contributed by atoms with Crippen molar-refractivity contribution in [1.29, 1.82) is 0 Å². The fourth-order valence-corrected chi connectivity index (χ4v) is 3.22. The van der Waals surface area contributed by atoms with Crippen LogP contribution in [0.3, 0.4) is 0 Å². The van der Waals surface area contributed by atoms with E-state index in [0.29, 0.717) is 0 Å². The van der Waals surface area contributed by atoms with E-state index < -0.39 is 0 Å². The molecule has 0 saturated heterocycles. The molecule has 0 heterocycles. The van der Waals surface area contributed by atoms with Gasteiger partial charge in [0.25, 0.3) is 0 Å². The molecule has 0 amide bonds. The molecule has 3 heteroatoms. The number of aryl methyl sites for hydroxylation is 1. The molecular formula is C17H27N3. The molecule has 1 unspecified atom stereocenters. The highest BCUT2D eigenvalue weighted by molar-refractivity contribution is 5.79. The summed E-state index contributed by atoms with van der Waals surface area (Å²) >= 11 is 0. The summed E-state index contributed by atoms with van der Waals surface area (Å²) in [4.78, 5) is 9.05. The van der Waals surface area contributed by atoms with E-state index in [2.05, 4.69) is 69.2 Å². The smallest absolute Gasteiger partial charge is 0.195 e. The topological polar surface area (TPSA) is 18.8 Å². The summed E-state index contributed by atoms with van der Waals surface area (Å²) in [7, 11) is 8.21. The predicted molar refractivity (Wildman–Crippen MR) is 86.4 cm³/mol. The van der Waals surface area contributed by atoms with Crippen molar-refractivity contribution < 1.29 is 0 Å². The van der Waals surface area contributed by atoms with Crippen molar-refractivity contribution in [2.45, 2.75) is 31.6 Å². The van der Waals surface area contributed by atoms with Crippen LogP contribution in [0.1, 0.15) is 30.9 Å². The van der Waals surface area contributed by atoms with E-state index in [-0.39, 0.29) is 5.41 Å². The SMILES string of the molecule is CN(C)C(=NCC1(C)CCCc2ccccc21)N(C)C. The Balaban J connectivity index is 2.27. The van der Waals surface area contributed by atoms with E-state index in [1.807, 2.05) is 0 Å². The molecule has 1 aromatic carbocycles. The molecule has 20 heavy (non-hydrogen) atoms. The predicted octanol–water partition coefficient (Wildman–Crippen LogP) is 2.76. The average Bonchev–Trinajstić information content (AvgIpc) is 2.38. The molecule has 0 saturated carbocycles. The standard InChI is InChI=1S/C17H27N3/c1-17(13-18-16(19(2)3)20(4)5)12-8-10-14-9-6-7-11-15(14)17/h6-7,9,11H,8,10,12-13H2,1-5H3. The van der Waals surface area contributed by atoms with Crippen LogP contribution in [-0.4, -0.2) is 50.5 Å². The Kier molecular flexibility index (Phi) is 4.36. The van der Waals surface area contributed by atoms with Gasteiger partial charge >= 0.3 is 0 Å². The lowest BCUT2D eigenvalue weighted by atomic mass is 9.71. The molecule has 1 aliphatic rings. The van der Waals surface area contributed by atoms with Crippen molar-refractivity contribution in [2.24, 2.45) is 4.99 Å². The molecule has 3 nitrogen and oxygen atoms in total. The van der Waals surface area contributed by atoms with Gasteiger partial charge in [-0.05, 0) is 30.4 Å². The van der Waals surface area contributed by atoms with Crippen LogP contribution in [0.15, 0.2) is 29.3 Å². The highest BCUT2D eigenvalue weighted by Crippen LogP contribution is 2.37. The number of fused-ring (bicyclic) bond motifs is 1. The van der Waals surface area contributed by atoms with E-state index in [4.69, 9.17) is 4.99 Å². The van der Waals surface area contributed by atoms with Crippen molar-refractivity contribution >= 4 is 5.96 Å². The van der Waals surface area contributed by atoms with Crippen LogP contribution >= 0.6 is 0 Å². The highest BCUT2D eigenvalue weighted by Gasteiger charge is 2.31. The maximum Gasteiger partial charge on any atom is 0.195 e. The van der Waals surface area contributed by atoms with Crippen molar-refractivity contribution in [1.82, 2.24) is 9.80 Å². The van der Waals surface area contributed by atoms with Gasteiger partial charge in [0.1, 0.15) is 0 Å². The van der Waals surface area contributed by atoms with Crippen molar-refractivity contribution in [3.8, 4) is 0 Å². The molecule has 0 bridgehead atoms. The summed E-state index contributed by atoms with van der Waals surface area (Å²) in [6, 6.07) is 8.87. The van der Waals surface area contributed by atoms with Gasteiger partial charge in [-0.2, -0.15) is 0 Å². The van der Waals surface area contributed by atoms with Gasteiger partial charge in [-0.25, -0.2) is 0 Å². The van der Waals surface area contributed by atoms with Crippen LogP contribution in [0.4, 0.5) is 0 Å². The van der Waals surface area contributed by atoms with Crippen molar-refractivity contribution in [3.63, 3.8) is 0 Å². The van der Waals surface area contributed by atoms with E-state index in [9.17, 15) is 0 Å². The number of hydrogen-bond donors (Lipinski definition) is 0. The maximum atomic E-state index is 4.89. The number of hydrogen-bond acceptors (Lipinski definition) is 1. The zero-order chi connectivity index (χ0) is 14.8. The van der Waals surface area contributed by atoms with Gasteiger partial charge in [0.05, 0.1) is 6.54 Å². The Hall–Kier alpha value is -1.51. The quantitative estimate of drug-likeness (QED) is 0.609. The fraction of sp³-hybridized carbons (Fsp3) is 0.588. The van der Waals surface area contributed by atoms with Crippen LogP contribution < -0.4 is 0 Å². The van der Waals surface area contributed by atoms with E-state index >= 15 is 0 Å². The molecule has 0 aromatic heterocycles. The van der Waals surface area contributed by atoms with Crippen LogP contribution in [0, 0.1) is 0 Å². The first-order valence-electron chi connectivity index (χ1n) is 7.41. The molecule has 1 atom stereocenters. The van der Waals surface area contributed by atoms with Gasteiger partial charge in [-0.15, -0.1) is 0 Å². The number of aliphatic imine (C=N–C) groups is 1. The molecule has 1 aromatic rings. The summed E-state index contributed by atoms with van der Waals surface area (Å²) in [5.41, 5.74) is 3.17. The molecule has 1 aliphatic carbocycles. The third-order valence-electron chi connectivity index (χ3n) is 4.21. The summed E-state index contributed by atoms with van der Waals surface area (Å²) in [5.74, 6) is 1.04. The summed E-state index contributed by atoms with van der Waals surface area (Å²) in [6.07, 6.45) is 3.70. The van der Waals surface area contributed by atoms with Crippen LogP contribution in [0.5, 0.6) is 0 Å². The molecule has 0 spiro atoms. The second-order valence-electron chi connectivity index (χ2n) is 6.48. The first-order chi connectivity index (χ1) is 9.44. The van der Waals surface area contributed by atoms with Gasteiger partial charge < -0.3 is 9.80 Å². The summed E-state index contributed by atoms with van der Waals surface area (Å²) in [6.45, 7) is 3.22. The Morgan fingerprint density at radius 2 is 1.80 bits per heavy atom. The first-order valence-corrected chi connectivity index (χ1v) is 7.41. The number of benzene rings is 1. The average molecular weight is 273 g/mol. The van der Waals surface area contributed by atoms with Crippen LogP contribution in [-0.2, 0) is 11.8 Å². The number of guanidine groups is 1. The molecule has 0 radical (unpaired) electrons. The Morgan fingerprint density at radius 1 is 1.15 bits per heavy atom. The van der Waals surface area contributed by atoms with E-state index in [1.54, 1.807) is 0 Å². The third-order valence-corrected chi connectivity index (χ3v) is 4.21. The Morgan fingerprint density at radius 3 is 2.45 bits per heavy atom. The van der Waals surface area contributed by atoms with Gasteiger partial charge in [0.2, 0.25) is 0 Å². The van der Waals surface area contributed by atoms with E-state index in [1.165, 1.54) is 30.4 Å². The van der Waals surface area contributed by atoms with Crippen LogP contribution in [0.2, 0.25) is 0 Å². The fourth-order valence-electron chi connectivity index (χ4n) is 3.22. The maximum absolute atomic E-state index is 4.89. The molecule has 0 N–H and O–H groups in total. The third kappa shape index (κ3) is 2.97. The van der Waals surface area contributed by atoms with Gasteiger partial charge in [0, 0.05) is 33.6 Å². The Bertz CT molecular complexity index is 481. The number of nitrogens with zero attached hydrogens (tertiary/aromatic N) is 3.